The van der Waals surface area contributed by atoms with E-state index in [9.17, 15) is 0 Å². The Balaban J connectivity index is 1.14. The molecule has 0 aliphatic heterocycles. The number of para-hydroxylation sites is 1. The highest BCUT2D eigenvalue weighted by Crippen LogP contribution is 2.49. The maximum absolute atomic E-state index is 2.45. The van der Waals surface area contributed by atoms with Crippen molar-refractivity contribution in [2.75, 3.05) is 4.90 Å². The Morgan fingerprint density at radius 3 is 1.05 bits per heavy atom. The summed E-state index contributed by atoms with van der Waals surface area (Å²) in [4.78, 5) is 2.45. The summed E-state index contributed by atoms with van der Waals surface area (Å²) in [6.07, 6.45) is 0. The van der Waals surface area contributed by atoms with Crippen molar-refractivity contribution in [3.05, 3.63) is 237 Å². The zero-order chi connectivity index (χ0) is 38.0. The first-order chi connectivity index (χ1) is 28.3. The highest BCUT2D eigenvalue weighted by Gasteiger charge is 2.23. The number of anilines is 3. The fraction of sp³-hybridized carbons (Fsp3) is 0. The molecule has 0 aromatic heterocycles. The number of benzene rings is 10. The van der Waals surface area contributed by atoms with Crippen LogP contribution in [0, 0.1) is 0 Å². The van der Waals surface area contributed by atoms with Gasteiger partial charge in [-0.1, -0.05) is 200 Å². The predicted molar refractivity (Wildman–Crippen MR) is 243 cm³/mol. The lowest BCUT2D eigenvalue weighted by molar-refractivity contribution is 1.30. The Morgan fingerprint density at radius 1 is 0.211 bits per heavy atom. The molecule has 0 radical (unpaired) electrons. The molecule has 1 nitrogen and oxygen atoms in total. The van der Waals surface area contributed by atoms with Gasteiger partial charge in [0.2, 0.25) is 0 Å². The van der Waals surface area contributed by atoms with Crippen LogP contribution in [0.5, 0.6) is 0 Å². The smallest absolute Gasteiger partial charge is 0.0624 e. The van der Waals surface area contributed by atoms with E-state index in [0.29, 0.717) is 0 Å². The van der Waals surface area contributed by atoms with Gasteiger partial charge in [-0.15, -0.1) is 0 Å². The van der Waals surface area contributed by atoms with Crippen molar-refractivity contribution >= 4 is 38.6 Å². The minimum absolute atomic E-state index is 1.10. The molecule has 268 valence electrons. The summed E-state index contributed by atoms with van der Waals surface area (Å²) in [6.45, 7) is 0. The fourth-order valence-electron chi connectivity index (χ4n) is 8.28. The quantitative estimate of drug-likeness (QED) is 0.141. The second-order valence-corrected chi connectivity index (χ2v) is 14.5. The van der Waals surface area contributed by atoms with Crippen molar-refractivity contribution in [1.29, 1.82) is 0 Å². The van der Waals surface area contributed by atoms with Crippen molar-refractivity contribution in [3.63, 3.8) is 0 Å². The molecule has 0 heterocycles. The molecule has 0 bridgehead atoms. The van der Waals surface area contributed by atoms with Crippen molar-refractivity contribution in [2.45, 2.75) is 0 Å². The lowest BCUT2D eigenvalue weighted by Gasteiger charge is -2.30. The van der Waals surface area contributed by atoms with E-state index in [2.05, 4.69) is 241 Å². The average Bonchev–Trinajstić information content (AvgIpc) is 3.30. The molecule has 0 saturated carbocycles. The third-order valence-corrected chi connectivity index (χ3v) is 11.0. The zero-order valence-corrected chi connectivity index (χ0v) is 31.5. The van der Waals surface area contributed by atoms with E-state index in [1.807, 2.05) is 0 Å². The average molecular weight is 726 g/mol. The number of fused-ring (bicyclic) bond motifs is 3. The van der Waals surface area contributed by atoms with Gasteiger partial charge in [0.1, 0.15) is 0 Å². The molecule has 0 unspecified atom stereocenters. The van der Waals surface area contributed by atoms with Crippen LogP contribution in [0.3, 0.4) is 0 Å². The molecular formula is C56H39N. The van der Waals surface area contributed by atoms with Crippen LogP contribution >= 0.6 is 0 Å². The minimum Gasteiger partial charge on any atom is -0.309 e. The molecule has 57 heavy (non-hydrogen) atoms. The van der Waals surface area contributed by atoms with Crippen LogP contribution in [0.4, 0.5) is 17.1 Å². The largest absolute Gasteiger partial charge is 0.309 e. The van der Waals surface area contributed by atoms with Gasteiger partial charge >= 0.3 is 0 Å². The molecule has 0 N–H and O–H groups in total. The lowest BCUT2D eigenvalue weighted by Crippen LogP contribution is -2.12. The molecule has 0 atom stereocenters. The van der Waals surface area contributed by atoms with Crippen molar-refractivity contribution in [2.24, 2.45) is 0 Å². The summed E-state index contributed by atoms with van der Waals surface area (Å²) >= 11 is 0. The summed E-state index contributed by atoms with van der Waals surface area (Å²) in [5.74, 6) is 0. The summed E-state index contributed by atoms with van der Waals surface area (Å²) in [5.41, 5.74) is 15.4. The van der Waals surface area contributed by atoms with Gasteiger partial charge in [0.05, 0.1) is 5.69 Å². The number of nitrogens with zero attached hydrogens (tertiary/aromatic N) is 1. The first-order valence-electron chi connectivity index (χ1n) is 19.6. The first kappa shape index (κ1) is 34.0. The molecule has 1 heteroatoms. The van der Waals surface area contributed by atoms with Crippen molar-refractivity contribution in [3.8, 4) is 55.6 Å². The third kappa shape index (κ3) is 6.56. The van der Waals surface area contributed by atoms with E-state index in [4.69, 9.17) is 0 Å². The maximum Gasteiger partial charge on any atom is 0.0624 e. The van der Waals surface area contributed by atoms with Crippen molar-refractivity contribution in [1.82, 2.24) is 0 Å². The minimum atomic E-state index is 1.10. The topological polar surface area (TPSA) is 3.24 Å². The highest BCUT2D eigenvalue weighted by molar-refractivity contribution is 6.22. The van der Waals surface area contributed by atoms with E-state index < -0.39 is 0 Å². The van der Waals surface area contributed by atoms with Gasteiger partial charge < -0.3 is 4.90 Å². The highest BCUT2D eigenvalue weighted by atomic mass is 15.1. The van der Waals surface area contributed by atoms with Crippen LogP contribution in [-0.2, 0) is 0 Å². The van der Waals surface area contributed by atoms with Crippen LogP contribution in [0.2, 0.25) is 0 Å². The maximum atomic E-state index is 2.45. The second kappa shape index (κ2) is 15.0. The first-order valence-corrected chi connectivity index (χ1v) is 19.6. The molecule has 10 aromatic rings. The van der Waals surface area contributed by atoms with Gasteiger partial charge in [-0.25, -0.2) is 0 Å². The monoisotopic (exact) mass is 725 g/mol. The molecule has 0 aliphatic rings. The van der Waals surface area contributed by atoms with E-state index in [-0.39, 0.29) is 0 Å². The van der Waals surface area contributed by atoms with Crippen LogP contribution < -0.4 is 4.90 Å². The SMILES string of the molecule is c1ccc(-c2cccc(-c3ccc(-c4c(N(c5ccccc5)c5ccc(-c6cccc(-c7ccccc7)c6)cc5)c5ccccc5c5ccccc45)cc3)c2)cc1. The summed E-state index contributed by atoms with van der Waals surface area (Å²) in [5, 5.41) is 4.90. The van der Waals surface area contributed by atoms with Gasteiger partial charge in [-0.2, -0.15) is 0 Å². The second-order valence-electron chi connectivity index (χ2n) is 14.5. The molecule has 0 amide bonds. The summed E-state index contributed by atoms with van der Waals surface area (Å²) < 4.78 is 0. The molecular weight excluding hydrogens is 687 g/mol. The van der Waals surface area contributed by atoms with Gasteiger partial charge in [0.25, 0.3) is 0 Å². The standard InChI is InChI=1S/C56H39N/c1-4-16-40(17-5-1)45-20-14-22-47(38-45)42-30-32-44(33-31-42)55-53-28-12-10-26-51(53)52-27-11-13-29-54(52)56(55)57(49-24-8-3-9-25-49)50-36-34-43(35-37-50)48-23-15-21-46(39-48)41-18-6-2-7-19-41/h1-39H. The Labute approximate surface area is 334 Å². The van der Waals surface area contributed by atoms with Crippen LogP contribution in [0.25, 0.3) is 77.2 Å². The molecule has 0 fully saturated rings. The molecule has 0 spiro atoms. The number of hydrogen-bond acceptors (Lipinski definition) is 1. The van der Waals surface area contributed by atoms with E-state index in [0.717, 1.165) is 17.1 Å². The summed E-state index contributed by atoms with van der Waals surface area (Å²) in [6, 6.07) is 85.6. The Morgan fingerprint density at radius 2 is 0.544 bits per heavy atom. The molecule has 10 rings (SSSR count). The molecule has 10 aromatic carbocycles. The number of hydrogen-bond donors (Lipinski definition) is 0. The van der Waals surface area contributed by atoms with Gasteiger partial charge in [0, 0.05) is 22.3 Å². The number of rotatable bonds is 8. The fourth-order valence-corrected chi connectivity index (χ4v) is 8.28. The Hall–Kier alpha value is -7.48. The van der Waals surface area contributed by atoms with Crippen LogP contribution in [0.15, 0.2) is 237 Å². The third-order valence-electron chi connectivity index (χ3n) is 11.0. The predicted octanol–water partition coefficient (Wildman–Crippen LogP) is 15.8. The van der Waals surface area contributed by atoms with Crippen LogP contribution in [0.1, 0.15) is 0 Å². The van der Waals surface area contributed by atoms with Crippen molar-refractivity contribution < 1.29 is 0 Å². The van der Waals surface area contributed by atoms with Gasteiger partial charge in [0.15, 0.2) is 0 Å². The Kier molecular flexibility index (Phi) is 8.95. The summed E-state index contributed by atoms with van der Waals surface area (Å²) in [7, 11) is 0. The van der Waals surface area contributed by atoms with E-state index >= 15 is 0 Å². The van der Waals surface area contributed by atoms with Gasteiger partial charge in [-0.3, -0.25) is 0 Å². The van der Waals surface area contributed by atoms with Crippen LogP contribution in [-0.4, -0.2) is 0 Å². The zero-order valence-electron chi connectivity index (χ0n) is 31.5. The lowest BCUT2D eigenvalue weighted by atomic mass is 9.89. The van der Waals surface area contributed by atoms with E-state index in [1.165, 1.54) is 77.2 Å². The normalized spacial score (nSPS) is 11.2. The molecule has 0 saturated heterocycles. The van der Waals surface area contributed by atoms with E-state index in [1.54, 1.807) is 0 Å². The molecule has 0 aliphatic carbocycles. The van der Waals surface area contributed by atoms with Gasteiger partial charge in [-0.05, 0) is 103 Å². The Bertz CT molecular complexity index is 2970.